The van der Waals surface area contributed by atoms with Crippen LogP contribution in [0.5, 0.6) is 5.75 Å². The van der Waals surface area contributed by atoms with Gasteiger partial charge in [0.25, 0.3) is 0 Å². The molecule has 2 atom stereocenters. The molecule has 0 aliphatic carbocycles. The molecule has 0 N–H and O–H groups in total. The van der Waals surface area contributed by atoms with E-state index in [0.29, 0.717) is 16.5 Å². The van der Waals surface area contributed by atoms with Crippen molar-refractivity contribution in [2.75, 3.05) is 0 Å². The molecule has 0 spiro atoms. The number of nitrogens with zero attached hydrogens (tertiary/aromatic N) is 1. The highest BCUT2D eigenvalue weighted by atomic mass is 35.5. The molecule has 0 aromatic heterocycles. The van der Waals surface area contributed by atoms with Crippen molar-refractivity contribution in [2.24, 2.45) is 4.99 Å². The molecule has 2 aliphatic rings. The monoisotopic (exact) mass is 355 g/mol. The summed E-state index contributed by atoms with van der Waals surface area (Å²) in [5.74, 6) is 1.34. The summed E-state index contributed by atoms with van der Waals surface area (Å²) in [6, 6.07) is 10.9. The normalized spacial score (nSPS) is 23.0. The highest BCUT2D eigenvalue weighted by molar-refractivity contribution is 6.31. The zero-order valence-electron chi connectivity index (χ0n) is 14.2. The number of ether oxygens (including phenoxy) is 2. The Morgan fingerprint density at radius 3 is 2.76 bits per heavy atom. The second-order valence-electron chi connectivity index (χ2n) is 7.01. The number of aliphatic imine (C=N–C) groups is 1. The fraction of sp³-hybridized carbons (Fsp3) is 0.300. The van der Waals surface area contributed by atoms with Crippen molar-refractivity contribution in [1.29, 1.82) is 0 Å². The Morgan fingerprint density at radius 2 is 2.04 bits per heavy atom. The molecule has 2 aromatic rings. The maximum Gasteiger partial charge on any atom is 0.217 e. The topological polar surface area (TPSA) is 47.9 Å². The first kappa shape index (κ1) is 16.2. The van der Waals surface area contributed by atoms with Crippen molar-refractivity contribution in [3.05, 3.63) is 63.7 Å². The van der Waals surface area contributed by atoms with Gasteiger partial charge in [-0.3, -0.25) is 4.79 Å². The minimum atomic E-state index is -0.547. The number of rotatable bonds is 2. The fourth-order valence-electron chi connectivity index (χ4n) is 3.51. The van der Waals surface area contributed by atoms with E-state index in [0.717, 1.165) is 28.7 Å². The first-order valence-corrected chi connectivity index (χ1v) is 8.56. The largest absolute Gasteiger partial charge is 0.483 e. The lowest BCUT2D eigenvalue weighted by Crippen LogP contribution is -2.48. The van der Waals surface area contributed by atoms with Gasteiger partial charge in [0.2, 0.25) is 5.90 Å². The van der Waals surface area contributed by atoms with Crippen molar-refractivity contribution in [2.45, 2.75) is 38.5 Å². The van der Waals surface area contributed by atoms with E-state index in [1.807, 2.05) is 57.2 Å². The highest BCUT2D eigenvalue weighted by Crippen LogP contribution is 2.48. The Bertz CT molecular complexity index is 904. The number of fused-ring (bicyclic) bond motifs is 3. The zero-order valence-corrected chi connectivity index (χ0v) is 15.0. The molecule has 5 heteroatoms. The average Bonchev–Trinajstić information content (AvgIpc) is 3.02. The molecule has 2 aliphatic heterocycles. The van der Waals surface area contributed by atoms with Crippen LogP contribution in [-0.2, 0) is 4.74 Å². The quantitative estimate of drug-likeness (QED) is 0.744. The van der Waals surface area contributed by atoms with Crippen molar-refractivity contribution in [3.63, 3.8) is 0 Å². The van der Waals surface area contributed by atoms with Crippen molar-refractivity contribution >= 4 is 23.8 Å². The molecule has 25 heavy (non-hydrogen) atoms. The molecule has 2 aromatic carbocycles. The fourth-order valence-corrected chi connectivity index (χ4v) is 3.70. The minimum absolute atomic E-state index is 0.216. The number of halogens is 1. The summed E-state index contributed by atoms with van der Waals surface area (Å²) in [6.07, 6.45) is 0.578. The maximum absolute atomic E-state index is 11.3. The molecule has 0 amide bonds. The maximum atomic E-state index is 11.3. The van der Waals surface area contributed by atoms with Gasteiger partial charge in [0.15, 0.2) is 6.10 Å². The first-order valence-electron chi connectivity index (χ1n) is 8.18. The van der Waals surface area contributed by atoms with Crippen molar-refractivity contribution in [1.82, 2.24) is 0 Å². The van der Waals surface area contributed by atoms with Gasteiger partial charge in [-0.15, -0.1) is 0 Å². The van der Waals surface area contributed by atoms with Gasteiger partial charge in [-0.25, -0.2) is 4.99 Å². The van der Waals surface area contributed by atoms with Crippen LogP contribution in [-0.4, -0.2) is 23.9 Å². The summed E-state index contributed by atoms with van der Waals surface area (Å²) in [7, 11) is 0. The third-order valence-corrected chi connectivity index (χ3v) is 4.92. The summed E-state index contributed by atoms with van der Waals surface area (Å²) in [5.41, 5.74) is 2.72. The zero-order chi connectivity index (χ0) is 17.8. The van der Waals surface area contributed by atoms with Gasteiger partial charge in [0.1, 0.15) is 23.7 Å². The molecule has 2 heterocycles. The predicted molar refractivity (Wildman–Crippen MR) is 96.9 cm³/mol. The number of aldehydes is 1. The molecule has 0 fully saturated rings. The van der Waals surface area contributed by atoms with Crippen molar-refractivity contribution < 1.29 is 14.3 Å². The number of aryl methyl sites for hydroxylation is 1. The lowest BCUT2D eigenvalue weighted by molar-refractivity contribution is -0.0357. The smallest absolute Gasteiger partial charge is 0.217 e. The van der Waals surface area contributed by atoms with Gasteiger partial charge >= 0.3 is 0 Å². The summed E-state index contributed by atoms with van der Waals surface area (Å²) in [4.78, 5) is 16.1. The van der Waals surface area contributed by atoms with Gasteiger partial charge in [-0.05, 0) is 56.7 Å². The Balaban J connectivity index is 1.85. The Morgan fingerprint density at radius 1 is 1.24 bits per heavy atom. The van der Waals surface area contributed by atoms with E-state index in [1.165, 1.54) is 0 Å². The van der Waals surface area contributed by atoms with Crippen LogP contribution in [0.2, 0.25) is 5.02 Å². The van der Waals surface area contributed by atoms with Gasteiger partial charge in [0.05, 0.1) is 0 Å². The van der Waals surface area contributed by atoms with E-state index in [9.17, 15) is 4.79 Å². The van der Waals surface area contributed by atoms with Crippen LogP contribution >= 0.6 is 11.6 Å². The highest BCUT2D eigenvalue weighted by Gasteiger charge is 2.50. The van der Waals surface area contributed by atoms with Gasteiger partial charge in [-0.2, -0.15) is 0 Å². The summed E-state index contributed by atoms with van der Waals surface area (Å²) < 4.78 is 12.4. The van der Waals surface area contributed by atoms with E-state index in [2.05, 4.69) is 0 Å². The predicted octanol–water partition coefficient (Wildman–Crippen LogP) is 4.52. The number of benzene rings is 2. The molecule has 0 unspecified atom stereocenters. The van der Waals surface area contributed by atoms with Crippen LogP contribution in [0.1, 0.15) is 46.9 Å². The van der Waals surface area contributed by atoms with Crippen LogP contribution in [0.3, 0.4) is 0 Å². The minimum Gasteiger partial charge on any atom is -0.483 e. The molecule has 4 rings (SSSR count). The van der Waals surface area contributed by atoms with Gasteiger partial charge < -0.3 is 9.47 Å². The Labute approximate surface area is 151 Å². The number of carbonyl (C=O) groups is 1. The van der Waals surface area contributed by atoms with Crippen LogP contribution in [0.15, 0.2) is 41.4 Å². The standard InChI is InChI=1S/C20H18ClNO3/c1-11-7-12(10-23)8-15-16-18(20(2,3)25-17(11)15)24-19(22-16)13-5-4-6-14(21)9-13/h4-10,16,18H,1-3H3/t16-,18-/m0/s1. The van der Waals surface area contributed by atoms with Crippen LogP contribution < -0.4 is 4.74 Å². The molecule has 0 saturated carbocycles. The van der Waals surface area contributed by atoms with Gasteiger partial charge in [-0.1, -0.05) is 17.7 Å². The second kappa shape index (κ2) is 5.60. The Hall–Kier alpha value is -2.33. The number of hydrogen-bond donors (Lipinski definition) is 0. The molecular formula is C20H18ClNO3. The van der Waals surface area contributed by atoms with E-state index in [-0.39, 0.29) is 12.1 Å². The van der Waals surface area contributed by atoms with E-state index < -0.39 is 5.60 Å². The molecular weight excluding hydrogens is 338 g/mol. The second-order valence-corrected chi connectivity index (χ2v) is 7.44. The van der Waals surface area contributed by atoms with Crippen LogP contribution in [0.4, 0.5) is 0 Å². The lowest BCUT2D eigenvalue weighted by atomic mass is 9.85. The van der Waals surface area contributed by atoms with E-state index in [1.54, 1.807) is 0 Å². The SMILES string of the molecule is Cc1cc(C=O)cc2c1OC(C)(C)[C@H]1OC(c3cccc(Cl)c3)=N[C@@H]21. The number of hydrogen-bond acceptors (Lipinski definition) is 4. The molecule has 0 bridgehead atoms. The summed E-state index contributed by atoms with van der Waals surface area (Å²) >= 11 is 6.10. The summed E-state index contributed by atoms with van der Waals surface area (Å²) in [5, 5.41) is 0.633. The van der Waals surface area contributed by atoms with E-state index in [4.69, 9.17) is 26.1 Å². The molecule has 0 saturated heterocycles. The van der Waals surface area contributed by atoms with Crippen molar-refractivity contribution in [3.8, 4) is 5.75 Å². The van der Waals surface area contributed by atoms with E-state index >= 15 is 0 Å². The number of carbonyl (C=O) groups excluding carboxylic acids is 1. The molecule has 4 nitrogen and oxygen atoms in total. The van der Waals surface area contributed by atoms with Gasteiger partial charge in [0, 0.05) is 21.7 Å². The lowest BCUT2D eigenvalue weighted by Gasteiger charge is -2.40. The average molecular weight is 356 g/mol. The first-order chi connectivity index (χ1) is 11.9. The molecule has 128 valence electrons. The summed E-state index contributed by atoms with van der Waals surface area (Å²) in [6.45, 7) is 5.94. The third kappa shape index (κ3) is 2.61. The third-order valence-electron chi connectivity index (χ3n) is 4.68. The Kier molecular flexibility index (Phi) is 3.62. The molecule has 0 radical (unpaired) electrons. The van der Waals surface area contributed by atoms with Crippen LogP contribution in [0, 0.1) is 6.92 Å². The van der Waals surface area contributed by atoms with Crippen LogP contribution in [0.25, 0.3) is 0 Å².